The molecule has 0 spiro atoms. The summed E-state index contributed by atoms with van der Waals surface area (Å²) in [5.74, 6) is 1.74. The highest BCUT2D eigenvalue weighted by Gasteiger charge is 2.34. The van der Waals surface area contributed by atoms with E-state index in [1.807, 2.05) is 24.4 Å². The number of hydrogen-bond donors (Lipinski definition) is 0. The van der Waals surface area contributed by atoms with E-state index in [1.54, 1.807) is 0 Å². The standard InChI is InChI=1S/C16H23N5O2S/c1-12-10-16(21-15(17-12)9-13(2)18-21)20-6-4-19(5-7-20)14-3-8-24(22,23)11-14/h9-10,14H,3-8,11H2,1-2H3. The normalized spacial score (nSPS) is 24.8. The zero-order valence-electron chi connectivity index (χ0n) is 14.1. The summed E-state index contributed by atoms with van der Waals surface area (Å²) < 4.78 is 25.3. The lowest BCUT2D eigenvalue weighted by molar-refractivity contribution is 0.200. The fraction of sp³-hybridized carbons (Fsp3) is 0.625. The van der Waals surface area contributed by atoms with Crippen molar-refractivity contribution in [3.63, 3.8) is 0 Å². The summed E-state index contributed by atoms with van der Waals surface area (Å²) in [5.41, 5.74) is 2.83. The highest BCUT2D eigenvalue weighted by molar-refractivity contribution is 7.91. The Morgan fingerprint density at radius 2 is 1.83 bits per heavy atom. The number of rotatable bonds is 2. The van der Waals surface area contributed by atoms with E-state index in [9.17, 15) is 8.42 Å². The van der Waals surface area contributed by atoms with E-state index in [-0.39, 0.29) is 6.04 Å². The minimum absolute atomic E-state index is 0.197. The number of aryl methyl sites for hydroxylation is 2. The molecule has 0 aliphatic carbocycles. The second-order valence-electron chi connectivity index (χ2n) is 6.89. The summed E-state index contributed by atoms with van der Waals surface area (Å²) in [4.78, 5) is 9.20. The molecule has 0 aromatic carbocycles. The van der Waals surface area contributed by atoms with E-state index in [2.05, 4.69) is 25.9 Å². The Bertz CT molecular complexity index is 868. The van der Waals surface area contributed by atoms with Crippen LogP contribution in [-0.4, -0.2) is 71.6 Å². The summed E-state index contributed by atoms with van der Waals surface area (Å²) in [6.45, 7) is 7.53. The number of nitrogens with zero attached hydrogens (tertiary/aromatic N) is 5. The number of aromatic nitrogens is 3. The van der Waals surface area contributed by atoms with Crippen LogP contribution in [0.1, 0.15) is 17.8 Å². The smallest absolute Gasteiger partial charge is 0.157 e. The van der Waals surface area contributed by atoms with Crippen LogP contribution in [0.25, 0.3) is 5.65 Å². The van der Waals surface area contributed by atoms with Gasteiger partial charge in [-0.2, -0.15) is 9.61 Å². The van der Waals surface area contributed by atoms with Gasteiger partial charge in [-0.3, -0.25) is 4.90 Å². The van der Waals surface area contributed by atoms with Crippen LogP contribution in [0.5, 0.6) is 0 Å². The molecule has 4 rings (SSSR count). The highest BCUT2D eigenvalue weighted by atomic mass is 32.2. The van der Waals surface area contributed by atoms with Gasteiger partial charge in [0.25, 0.3) is 0 Å². The van der Waals surface area contributed by atoms with Crippen molar-refractivity contribution < 1.29 is 8.42 Å². The molecule has 8 heteroatoms. The van der Waals surface area contributed by atoms with Crippen LogP contribution < -0.4 is 4.90 Å². The molecule has 1 unspecified atom stereocenters. The van der Waals surface area contributed by atoms with Crippen LogP contribution in [-0.2, 0) is 9.84 Å². The number of sulfone groups is 1. The van der Waals surface area contributed by atoms with Crippen LogP contribution in [0.4, 0.5) is 5.82 Å². The fourth-order valence-electron chi connectivity index (χ4n) is 3.80. The van der Waals surface area contributed by atoms with E-state index in [0.717, 1.165) is 55.5 Å². The van der Waals surface area contributed by atoms with Gasteiger partial charge in [0.05, 0.1) is 17.2 Å². The monoisotopic (exact) mass is 349 g/mol. The van der Waals surface area contributed by atoms with Crippen molar-refractivity contribution in [1.82, 2.24) is 19.5 Å². The Hall–Kier alpha value is -1.67. The predicted octanol–water partition coefficient (Wildman–Crippen LogP) is 0.655. The number of fused-ring (bicyclic) bond motifs is 1. The van der Waals surface area contributed by atoms with Crippen molar-refractivity contribution in [2.45, 2.75) is 26.3 Å². The molecule has 0 amide bonds. The molecule has 2 aliphatic heterocycles. The van der Waals surface area contributed by atoms with Crippen molar-refractivity contribution in [3.05, 3.63) is 23.5 Å². The number of anilines is 1. The van der Waals surface area contributed by atoms with E-state index in [1.165, 1.54) is 0 Å². The molecule has 7 nitrogen and oxygen atoms in total. The van der Waals surface area contributed by atoms with Crippen LogP contribution in [0.15, 0.2) is 12.1 Å². The van der Waals surface area contributed by atoms with Crippen molar-refractivity contribution in [2.24, 2.45) is 0 Å². The van der Waals surface area contributed by atoms with Gasteiger partial charge in [-0.05, 0) is 20.3 Å². The first kappa shape index (κ1) is 15.8. The van der Waals surface area contributed by atoms with Gasteiger partial charge in [-0.25, -0.2) is 13.4 Å². The molecule has 4 heterocycles. The average Bonchev–Trinajstić information content (AvgIpc) is 3.08. The van der Waals surface area contributed by atoms with Crippen LogP contribution in [0.3, 0.4) is 0 Å². The molecule has 2 aliphatic rings. The minimum Gasteiger partial charge on any atom is -0.354 e. The Kier molecular flexibility index (Phi) is 3.76. The first-order chi connectivity index (χ1) is 11.4. The molecule has 24 heavy (non-hydrogen) atoms. The van der Waals surface area contributed by atoms with E-state index < -0.39 is 9.84 Å². The Morgan fingerprint density at radius 1 is 1.08 bits per heavy atom. The third-order valence-electron chi connectivity index (χ3n) is 5.02. The lowest BCUT2D eigenvalue weighted by Gasteiger charge is -2.38. The molecule has 2 aromatic heterocycles. The SMILES string of the molecule is Cc1cc(N2CCN(C3CCS(=O)(=O)C3)CC2)n2nc(C)cc2n1. The first-order valence-electron chi connectivity index (χ1n) is 8.45. The minimum atomic E-state index is -2.82. The van der Waals surface area contributed by atoms with Crippen LogP contribution >= 0.6 is 0 Å². The molecule has 2 saturated heterocycles. The van der Waals surface area contributed by atoms with Gasteiger partial charge in [0.15, 0.2) is 15.5 Å². The molecule has 130 valence electrons. The first-order valence-corrected chi connectivity index (χ1v) is 10.3. The Morgan fingerprint density at radius 3 is 2.50 bits per heavy atom. The molecular formula is C16H23N5O2S. The number of hydrogen-bond acceptors (Lipinski definition) is 6. The fourth-order valence-corrected chi connectivity index (χ4v) is 5.56. The highest BCUT2D eigenvalue weighted by Crippen LogP contribution is 2.23. The van der Waals surface area contributed by atoms with Crippen molar-refractivity contribution in [2.75, 3.05) is 42.6 Å². The lowest BCUT2D eigenvalue weighted by atomic mass is 10.2. The van der Waals surface area contributed by atoms with Crippen molar-refractivity contribution in [3.8, 4) is 0 Å². The second-order valence-corrected chi connectivity index (χ2v) is 9.12. The largest absolute Gasteiger partial charge is 0.354 e. The maximum absolute atomic E-state index is 11.7. The van der Waals surface area contributed by atoms with Crippen molar-refractivity contribution in [1.29, 1.82) is 0 Å². The summed E-state index contributed by atoms with van der Waals surface area (Å²) >= 11 is 0. The van der Waals surface area contributed by atoms with Crippen LogP contribution in [0.2, 0.25) is 0 Å². The van der Waals surface area contributed by atoms with Gasteiger partial charge in [-0.1, -0.05) is 0 Å². The van der Waals surface area contributed by atoms with E-state index in [4.69, 9.17) is 0 Å². The predicted molar refractivity (Wildman–Crippen MR) is 93.3 cm³/mol. The molecule has 0 N–H and O–H groups in total. The quantitative estimate of drug-likeness (QED) is 0.793. The third kappa shape index (κ3) is 2.88. The molecule has 1 atom stereocenters. The maximum Gasteiger partial charge on any atom is 0.157 e. The number of piperazine rings is 1. The maximum atomic E-state index is 11.7. The molecule has 0 radical (unpaired) electrons. The van der Waals surface area contributed by atoms with Gasteiger partial charge in [0.2, 0.25) is 0 Å². The zero-order valence-corrected chi connectivity index (χ0v) is 15.0. The van der Waals surface area contributed by atoms with Gasteiger partial charge < -0.3 is 4.90 Å². The van der Waals surface area contributed by atoms with Crippen LogP contribution in [0, 0.1) is 13.8 Å². The average molecular weight is 349 g/mol. The van der Waals surface area contributed by atoms with E-state index >= 15 is 0 Å². The summed E-state index contributed by atoms with van der Waals surface area (Å²) in [7, 11) is -2.82. The Labute approximate surface area is 142 Å². The van der Waals surface area contributed by atoms with E-state index in [0.29, 0.717) is 11.5 Å². The summed E-state index contributed by atoms with van der Waals surface area (Å²) in [6, 6.07) is 4.27. The van der Waals surface area contributed by atoms with Gasteiger partial charge in [-0.15, -0.1) is 0 Å². The zero-order chi connectivity index (χ0) is 16.9. The molecule has 0 bridgehead atoms. The topological polar surface area (TPSA) is 70.8 Å². The molecule has 2 fully saturated rings. The molecular weight excluding hydrogens is 326 g/mol. The third-order valence-corrected chi connectivity index (χ3v) is 6.77. The van der Waals surface area contributed by atoms with Gasteiger partial charge in [0, 0.05) is 50.0 Å². The molecule has 2 aromatic rings. The lowest BCUT2D eigenvalue weighted by Crippen LogP contribution is -2.51. The Balaban J connectivity index is 1.52. The summed E-state index contributed by atoms with van der Waals surface area (Å²) in [6.07, 6.45) is 0.777. The molecule has 0 saturated carbocycles. The van der Waals surface area contributed by atoms with Gasteiger partial charge in [0.1, 0.15) is 5.82 Å². The second kappa shape index (κ2) is 5.70. The van der Waals surface area contributed by atoms with Crippen molar-refractivity contribution >= 4 is 21.3 Å². The summed E-state index contributed by atoms with van der Waals surface area (Å²) in [5, 5.41) is 4.56. The van der Waals surface area contributed by atoms with Gasteiger partial charge >= 0.3 is 0 Å².